The van der Waals surface area contributed by atoms with Crippen molar-refractivity contribution in [3.05, 3.63) is 29.8 Å². The maximum absolute atomic E-state index is 12.8. The molecule has 0 spiro atoms. The van der Waals surface area contributed by atoms with Crippen LogP contribution in [-0.4, -0.2) is 49.8 Å². The maximum Gasteiger partial charge on any atom is 0.244 e. The van der Waals surface area contributed by atoms with Gasteiger partial charge in [-0.05, 0) is 50.9 Å². The Labute approximate surface area is 138 Å². The quantitative estimate of drug-likeness (QED) is 0.850. The van der Waals surface area contributed by atoms with Crippen LogP contribution in [0.15, 0.2) is 29.2 Å². The Kier molecular flexibility index (Phi) is 5.00. The first-order valence-corrected chi connectivity index (χ1v) is 9.80. The number of sulfonamides is 1. The molecular formula is C17H23N3O2S. The van der Waals surface area contributed by atoms with Crippen LogP contribution in [0, 0.1) is 11.3 Å². The zero-order chi connectivity index (χ0) is 16.3. The van der Waals surface area contributed by atoms with Crippen LogP contribution in [0.25, 0.3) is 0 Å². The van der Waals surface area contributed by atoms with E-state index < -0.39 is 10.0 Å². The predicted octanol–water partition coefficient (Wildman–Crippen LogP) is 2.20. The van der Waals surface area contributed by atoms with Crippen molar-refractivity contribution in [3.8, 4) is 6.07 Å². The van der Waals surface area contributed by atoms with Gasteiger partial charge in [0.2, 0.25) is 10.0 Å². The highest BCUT2D eigenvalue weighted by Crippen LogP contribution is 2.26. The molecule has 23 heavy (non-hydrogen) atoms. The van der Waals surface area contributed by atoms with Gasteiger partial charge in [0.25, 0.3) is 0 Å². The van der Waals surface area contributed by atoms with Gasteiger partial charge in [0, 0.05) is 19.1 Å². The molecule has 0 aromatic heterocycles. The van der Waals surface area contributed by atoms with Crippen molar-refractivity contribution in [1.29, 1.82) is 5.26 Å². The molecular weight excluding hydrogens is 310 g/mol. The van der Waals surface area contributed by atoms with E-state index in [0.717, 1.165) is 25.9 Å². The van der Waals surface area contributed by atoms with Gasteiger partial charge in [0.15, 0.2) is 0 Å². The zero-order valence-electron chi connectivity index (χ0n) is 13.3. The van der Waals surface area contributed by atoms with Crippen LogP contribution in [-0.2, 0) is 10.0 Å². The van der Waals surface area contributed by atoms with Crippen molar-refractivity contribution in [2.75, 3.05) is 26.2 Å². The highest BCUT2D eigenvalue weighted by Gasteiger charge is 2.33. The van der Waals surface area contributed by atoms with E-state index in [4.69, 9.17) is 5.26 Å². The summed E-state index contributed by atoms with van der Waals surface area (Å²) in [4.78, 5) is 2.66. The van der Waals surface area contributed by atoms with Gasteiger partial charge in [-0.2, -0.15) is 9.57 Å². The molecule has 0 N–H and O–H groups in total. The molecule has 0 radical (unpaired) electrons. The smallest absolute Gasteiger partial charge is 0.244 e. The fraction of sp³-hybridized carbons (Fsp3) is 0.588. The van der Waals surface area contributed by atoms with E-state index in [1.807, 2.05) is 6.07 Å². The summed E-state index contributed by atoms with van der Waals surface area (Å²) >= 11 is 0. The molecule has 124 valence electrons. The lowest BCUT2D eigenvalue weighted by molar-refractivity contribution is 0.118. The molecule has 0 atom stereocenters. The zero-order valence-corrected chi connectivity index (χ0v) is 14.1. The van der Waals surface area contributed by atoms with Gasteiger partial charge in [-0.15, -0.1) is 0 Å². The summed E-state index contributed by atoms with van der Waals surface area (Å²) in [5, 5.41) is 9.15. The predicted molar refractivity (Wildman–Crippen MR) is 88.4 cm³/mol. The van der Waals surface area contributed by atoms with Crippen molar-refractivity contribution >= 4 is 10.0 Å². The van der Waals surface area contributed by atoms with Crippen molar-refractivity contribution in [2.45, 2.75) is 43.0 Å². The lowest BCUT2D eigenvalue weighted by atomic mass is 10.0. The average Bonchev–Trinajstić information content (AvgIpc) is 2.62. The molecule has 1 aromatic carbocycles. The number of nitrogens with zero attached hydrogens (tertiary/aromatic N) is 3. The van der Waals surface area contributed by atoms with Gasteiger partial charge in [-0.25, -0.2) is 8.42 Å². The highest BCUT2D eigenvalue weighted by atomic mass is 32.2. The fourth-order valence-electron chi connectivity index (χ4n) is 3.65. The molecule has 0 amide bonds. The summed E-state index contributed by atoms with van der Waals surface area (Å²) in [5.74, 6) is 0. The lowest BCUT2D eigenvalue weighted by Crippen LogP contribution is -2.48. The van der Waals surface area contributed by atoms with Crippen LogP contribution in [0.5, 0.6) is 0 Å². The number of piperidine rings is 2. The third-order valence-corrected chi connectivity index (χ3v) is 6.91. The Morgan fingerprint density at radius 3 is 2.30 bits per heavy atom. The molecule has 0 bridgehead atoms. The summed E-state index contributed by atoms with van der Waals surface area (Å²) in [6, 6.07) is 8.96. The topological polar surface area (TPSA) is 64.4 Å². The van der Waals surface area contributed by atoms with Crippen molar-refractivity contribution in [1.82, 2.24) is 9.21 Å². The average molecular weight is 333 g/mol. The fourth-order valence-corrected chi connectivity index (χ4v) is 5.27. The molecule has 1 aromatic rings. The number of hydrogen-bond acceptors (Lipinski definition) is 4. The third-order valence-electron chi connectivity index (χ3n) is 4.96. The van der Waals surface area contributed by atoms with E-state index in [9.17, 15) is 8.42 Å². The lowest BCUT2D eigenvalue weighted by Gasteiger charge is -2.39. The highest BCUT2D eigenvalue weighted by molar-refractivity contribution is 7.89. The van der Waals surface area contributed by atoms with Gasteiger partial charge < -0.3 is 4.90 Å². The summed E-state index contributed by atoms with van der Waals surface area (Å²) in [6.45, 7) is 3.38. The van der Waals surface area contributed by atoms with Crippen LogP contribution < -0.4 is 0 Å². The minimum Gasteiger partial charge on any atom is -0.300 e. The van der Waals surface area contributed by atoms with E-state index in [-0.39, 0.29) is 10.5 Å². The number of likely N-dealkylation sites (tertiary alicyclic amines) is 1. The Morgan fingerprint density at radius 1 is 1.00 bits per heavy atom. The van der Waals surface area contributed by atoms with Gasteiger partial charge >= 0.3 is 0 Å². The minimum absolute atomic E-state index is 0.138. The first-order valence-electron chi connectivity index (χ1n) is 8.36. The Morgan fingerprint density at radius 2 is 1.65 bits per heavy atom. The Hall–Kier alpha value is -1.42. The summed E-state index contributed by atoms with van der Waals surface area (Å²) in [7, 11) is -3.57. The van der Waals surface area contributed by atoms with Crippen molar-refractivity contribution < 1.29 is 8.42 Å². The second-order valence-corrected chi connectivity index (χ2v) is 8.25. The van der Waals surface area contributed by atoms with E-state index in [1.54, 1.807) is 22.5 Å². The normalized spacial score (nSPS) is 21.9. The van der Waals surface area contributed by atoms with E-state index in [0.29, 0.717) is 19.1 Å². The number of nitriles is 1. The van der Waals surface area contributed by atoms with Gasteiger partial charge in [-0.3, -0.25) is 0 Å². The molecule has 2 saturated heterocycles. The molecule has 2 fully saturated rings. The number of rotatable bonds is 3. The maximum atomic E-state index is 12.8. The second kappa shape index (κ2) is 7.00. The minimum atomic E-state index is -3.57. The molecule has 0 unspecified atom stereocenters. The van der Waals surface area contributed by atoms with Gasteiger partial charge in [0.1, 0.15) is 6.07 Å². The first-order chi connectivity index (χ1) is 11.1. The molecule has 3 rings (SSSR count). The standard InChI is InChI=1S/C17H23N3O2S/c18-14-15-6-2-3-7-17(15)23(21,22)20-12-8-16(9-13-20)19-10-4-1-5-11-19/h2-3,6-7,16H,1,4-5,8-13H2. The number of benzene rings is 1. The third kappa shape index (κ3) is 3.42. The Balaban J connectivity index is 1.70. The van der Waals surface area contributed by atoms with E-state index >= 15 is 0 Å². The SMILES string of the molecule is N#Cc1ccccc1S(=O)(=O)N1CCC(N2CCCCC2)CC1. The second-order valence-electron chi connectivity index (χ2n) is 6.34. The summed E-state index contributed by atoms with van der Waals surface area (Å²) in [5.41, 5.74) is 0.227. The van der Waals surface area contributed by atoms with Crippen LogP contribution in [0.4, 0.5) is 0 Å². The van der Waals surface area contributed by atoms with Crippen molar-refractivity contribution in [2.24, 2.45) is 0 Å². The van der Waals surface area contributed by atoms with Crippen molar-refractivity contribution in [3.63, 3.8) is 0 Å². The van der Waals surface area contributed by atoms with Gasteiger partial charge in [0.05, 0.1) is 10.5 Å². The molecule has 0 aliphatic carbocycles. The molecule has 6 heteroatoms. The van der Waals surface area contributed by atoms with E-state index in [2.05, 4.69) is 4.90 Å². The first kappa shape index (κ1) is 16.4. The van der Waals surface area contributed by atoms with Crippen LogP contribution in [0.2, 0.25) is 0 Å². The summed E-state index contributed by atoms with van der Waals surface area (Å²) in [6.07, 6.45) is 5.60. The van der Waals surface area contributed by atoms with Crippen LogP contribution >= 0.6 is 0 Å². The largest absolute Gasteiger partial charge is 0.300 e. The molecule has 2 aliphatic heterocycles. The molecule has 2 aliphatic rings. The monoisotopic (exact) mass is 333 g/mol. The van der Waals surface area contributed by atoms with Crippen LogP contribution in [0.3, 0.4) is 0 Å². The Bertz CT molecular complexity index is 682. The van der Waals surface area contributed by atoms with E-state index in [1.165, 1.54) is 25.3 Å². The van der Waals surface area contributed by atoms with Gasteiger partial charge in [-0.1, -0.05) is 18.6 Å². The summed E-state index contributed by atoms with van der Waals surface area (Å²) < 4.78 is 27.2. The molecule has 2 heterocycles. The molecule has 5 nitrogen and oxygen atoms in total. The van der Waals surface area contributed by atoms with Crippen LogP contribution in [0.1, 0.15) is 37.7 Å². The molecule has 0 saturated carbocycles. The number of hydrogen-bond donors (Lipinski definition) is 0.